The van der Waals surface area contributed by atoms with Crippen molar-refractivity contribution in [2.45, 2.75) is 6.92 Å². The fraction of sp³-hybridized carbons (Fsp3) is 0.0370. The summed E-state index contributed by atoms with van der Waals surface area (Å²) in [5, 5.41) is 3.48. The largest absolute Gasteiger partial charge is 0.309 e. The van der Waals surface area contributed by atoms with E-state index in [1.54, 1.807) is 79.9 Å². The summed E-state index contributed by atoms with van der Waals surface area (Å²) in [4.78, 5) is 16.9. The molecule has 0 fully saturated rings. The molecule has 0 N–H and O–H groups in total. The Labute approximate surface area is 203 Å². The van der Waals surface area contributed by atoms with Crippen LogP contribution in [0, 0.1) is 6.92 Å². The molecule has 0 aliphatic carbocycles. The topological polar surface area (TPSA) is 85.7 Å². The minimum absolute atomic E-state index is 0.571. The van der Waals surface area contributed by atoms with E-state index in [-0.39, 0.29) is 0 Å². The smallest absolute Gasteiger partial charge is 0.174 e. The second kappa shape index (κ2) is 9.50. The molecule has 5 aromatic rings. The number of aryl methyl sites for hydroxylation is 1. The van der Waals surface area contributed by atoms with Crippen LogP contribution in [0.2, 0.25) is 0 Å². The van der Waals surface area contributed by atoms with E-state index >= 15 is 0 Å². The van der Waals surface area contributed by atoms with Gasteiger partial charge >= 0.3 is 0 Å². The van der Waals surface area contributed by atoms with Crippen molar-refractivity contribution < 1.29 is 9.13 Å². The highest BCUT2D eigenvalue weighted by Gasteiger charge is 2.35. The van der Waals surface area contributed by atoms with Crippen molar-refractivity contribution in [1.29, 1.82) is 0 Å². The first-order valence-electron chi connectivity index (χ1n) is 11.0. The van der Waals surface area contributed by atoms with E-state index in [1.165, 1.54) is 0 Å². The maximum absolute atomic E-state index is 14.9. The van der Waals surface area contributed by atoms with Crippen molar-refractivity contribution in [3.63, 3.8) is 0 Å². The number of nitrogens with zero attached hydrogens (tertiary/aromatic N) is 4. The first-order chi connectivity index (χ1) is 17.0. The zero-order valence-corrected chi connectivity index (χ0v) is 20.8. The van der Waals surface area contributed by atoms with Crippen molar-refractivity contribution in [3.05, 3.63) is 122 Å². The van der Waals surface area contributed by atoms with Gasteiger partial charge in [0.1, 0.15) is 0 Å². The fourth-order valence-corrected chi connectivity index (χ4v) is 9.57. The minimum Gasteiger partial charge on any atom is -0.309 e. The van der Waals surface area contributed by atoms with E-state index < -0.39 is 14.3 Å². The predicted octanol–water partition coefficient (Wildman–Crippen LogP) is 2.85. The lowest BCUT2D eigenvalue weighted by molar-refractivity contribution is 0.592. The molecule has 0 spiro atoms. The lowest BCUT2D eigenvalue weighted by Crippen LogP contribution is -2.31. The molecule has 8 heteroatoms. The van der Waals surface area contributed by atoms with Crippen LogP contribution in [0.1, 0.15) is 5.56 Å². The molecule has 0 saturated heterocycles. The summed E-state index contributed by atoms with van der Waals surface area (Å²) >= 11 is 0. The summed E-state index contributed by atoms with van der Waals surface area (Å²) in [6.07, 6.45) is 13.1. The Balaban J connectivity index is 1.81. The van der Waals surface area contributed by atoms with Crippen LogP contribution in [0.3, 0.4) is 0 Å². The van der Waals surface area contributed by atoms with E-state index in [1.807, 2.05) is 43.3 Å². The highest BCUT2D eigenvalue weighted by Crippen LogP contribution is 2.45. The van der Waals surface area contributed by atoms with Crippen molar-refractivity contribution in [2.75, 3.05) is 0 Å². The molecule has 0 saturated carbocycles. The van der Waals surface area contributed by atoms with Gasteiger partial charge in [-0.05, 0) is 79.2 Å². The van der Waals surface area contributed by atoms with Gasteiger partial charge in [0.15, 0.2) is 14.3 Å². The molecule has 5 rings (SSSR count). The molecule has 35 heavy (non-hydrogen) atoms. The van der Waals surface area contributed by atoms with Crippen LogP contribution in [0.5, 0.6) is 0 Å². The van der Waals surface area contributed by atoms with Crippen molar-refractivity contribution >= 4 is 46.1 Å². The van der Waals surface area contributed by atoms with Gasteiger partial charge in [0, 0.05) is 81.4 Å². The Bertz CT molecular complexity index is 1350. The second-order valence-electron chi connectivity index (χ2n) is 8.09. The van der Waals surface area contributed by atoms with Gasteiger partial charge in [-0.2, -0.15) is 0 Å². The van der Waals surface area contributed by atoms with E-state index in [2.05, 4.69) is 19.9 Å². The van der Waals surface area contributed by atoms with Crippen LogP contribution in [0.4, 0.5) is 0 Å². The number of aromatic nitrogens is 4. The van der Waals surface area contributed by atoms with Crippen LogP contribution in [0.25, 0.3) is 0 Å². The molecule has 0 amide bonds. The van der Waals surface area contributed by atoms with E-state index in [9.17, 15) is 9.13 Å². The molecule has 4 heterocycles. The average molecular weight is 496 g/mol. The lowest BCUT2D eigenvalue weighted by Gasteiger charge is -2.24. The summed E-state index contributed by atoms with van der Waals surface area (Å²) in [5.41, 5.74) is 0.846. The highest BCUT2D eigenvalue weighted by molar-refractivity contribution is 7.86. The summed E-state index contributed by atoms with van der Waals surface area (Å²) in [6.45, 7) is 1.92. The third-order valence-corrected chi connectivity index (χ3v) is 11.8. The summed E-state index contributed by atoms with van der Waals surface area (Å²) in [7, 11) is -6.72. The number of pyridine rings is 4. The van der Waals surface area contributed by atoms with Gasteiger partial charge in [-0.15, -0.1) is 0 Å². The summed E-state index contributed by atoms with van der Waals surface area (Å²) in [6, 6.07) is 19.9. The van der Waals surface area contributed by atoms with Gasteiger partial charge in [0.25, 0.3) is 0 Å². The first-order valence-corrected chi connectivity index (χ1v) is 14.4. The number of benzene rings is 1. The van der Waals surface area contributed by atoms with Gasteiger partial charge in [0.2, 0.25) is 0 Å². The van der Waals surface area contributed by atoms with Gasteiger partial charge < -0.3 is 9.13 Å². The molecule has 0 atom stereocenters. The molecule has 0 aliphatic rings. The zero-order valence-electron chi connectivity index (χ0n) is 19.0. The first kappa shape index (κ1) is 23.0. The predicted molar refractivity (Wildman–Crippen MR) is 141 cm³/mol. The molecule has 0 bridgehead atoms. The molecule has 1 aromatic carbocycles. The van der Waals surface area contributed by atoms with Gasteiger partial charge in [-0.25, -0.2) is 0 Å². The van der Waals surface area contributed by atoms with Gasteiger partial charge in [-0.1, -0.05) is 0 Å². The van der Waals surface area contributed by atoms with Crippen molar-refractivity contribution in [3.8, 4) is 0 Å². The molecule has 172 valence electrons. The van der Waals surface area contributed by atoms with E-state index in [4.69, 9.17) is 0 Å². The quantitative estimate of drug-likeness (QED) is 0.336. The molecule has 4 aromatic heterocycles. The summed E-state index contributed by atoms with van der Waals surface area (Å²) in [5.74, 6) is 0. The fourth-order valence-electron chi connectivity index (χ4n) is 4.16. The number of hydrogen-bond donors (Lipinski definition) is 0. The Morgan fingerprint density at radius 1 is 0.486 bits per heavy atom. The third kappa shape index (κ3) is 4.16. The Hall–Kier alpha value is -3.72. The molecule has 0 aliphatic heterocycles. The maximum atomic E-state index is 14.9. The lowest BCUT2D eigenvalue weighted by atomic mass is 10.2. The van der Waals surface area contributed by atoms with E-state index in [0.29, 0.717) is 31.8 Å². The molecular weight excluding hydrogens is 474 g/mol. The Morgan fingerprint density at radius 3 is 1.06 bits per heavy atom. The maximum Gasteiger partial charge on any atom is 0.174 e. The average Bonchev–Trinajstić information content (AvgIpc) is 2.93. The molecular formula is C27H22N4O2P2. The van der Waals surface area contributed by atoms with E-state index in [0.717, 1.165) is 5.56 Å². The molecule has 0 unspecified atom stereocenters. The standard InChI is InChI=1S/C27H22N4O2P2/c1-21-14-26(34(32,22-6-2-10-28-17-22)23-7-3-11-29-18-23)16-27(15-21)35(33,24-8-4-12-30-19-24)25-9-5-13-31-20-25/h2-20H,1H3. The van der Waals surface area contributed by atoms with Crippen molar-refractivity contribution in [1.82, 2.24) is 19.9 Å². The van der Waals surface area contributed by atoms with Crippen LogP contribution < -0.4 is 31.8 Å². The SMILES string of the molecule is Cc1cc(P(=O)(c2cccnc2)c2cccnc2)cc(P(=O)(c2cccnc2)c2cccnc2)c1. The molecule has 6 nitrogen and oxygen atoms in total. The van der Waals surface area contributed by atoms with Crippen LogP contribution in [-0.4, -0.2) is 19.9 Å². The van der Waals surface area contributed by atoms with Crippen molar-refractivity contribution in [2.24, 2.45) is 0 Å². The van der Waals surface area contributed by atoms with Gasteiger partial charge in [-0.3, -0.25) is 19.9 Å². The van der Waals surface area contributed by atoms with Crippen LogP contribution in [0.15, 0.2) is 116 Å². The third-order valence-electron chi connectivity index (χ3n) is 5.81. The number of hydrogen-bond acceptors (Lipinski definition) is 6. The minimum atomic E-state index is -3.36. The monoisotopic (exact) mass is 496 g/mol. The zero-order chi connectivity index (χ0) is 24.3. The highest BCUT2D eigenvalue weighted by atomic mass is 31.2. The van der Waals surface area contributed by atoms with Crippen LogP contribution in [-0.2, 0) is 9.13 Å². The number of rotatable bonds is 6. The normalized spacial score (nSPS) is 11.8. The second-order valence-corrected chi connectivity index (χ2v) is 13.6. The Morgan fingerprint density at radius 2 is 0.800 bits per heavy atom. The molecule has 0 radical (unpaired) electrons. The van der Waals surface area contributed by atoms with Gasteiger partial charge in [0.05, 0.1) is 0 Å². The Kier molecular flexibility index (Phi) is 6.25. The van der Waals surface area contributed by atoms with Crippen LogP contribution >= 0.6 is 14.3 Å². The summed E-state index contributed by atoms with van der Waals surface area (Å²) < 4.78 is 29.9.